The van der Waals surface area contributed by atoms with Gasteiger partial charge in [-0.2, -0.15) is 0 Å². The van der Waals surface area contributed by atoms with Gasteiger partial charge < -0.3 is 10.3 Å². The third kappa shape index (κ3) is 4.17. The van der Waals surface area contributed by atoms with Gasteiger partial charge in [0.05, 0.1) is 0 Å². The number of anilines is 1. The number of pyridine rings is 1. The van der Waals surface area contributed by atoms with Gasteiger partial charge in [-0.15, -0.1) is 0 Å². The maximum atomic E-state index is 12.6. The molecular weight excluding hydrogens is 264 g/mol. The normalized spacial score (nSPS) is 15.2. The quantitative estimate of drug-likeness (QED) is 0.624. The second kappa shape index (κ2) is 7.41. The molecule has 3 N–H and O–H groups in total. The van der Waals surface area contributed by atoms with E-state index in [0.717, 1.165) is 25.1 Å². The Morgan fingerprint density at radius 3 is 2.76 bits per heavy atom. The van der Waals surface area contributed by atoms with Crippen molar-refractivity contribution >= 4 is 11.7 Å². The van der Waals surface area contributed by atoms with Crippen molar-refractivity contribution in [2.75, 3.05) is 19.0 Å². The molecule has 0 radical (unpaired) electrons. The Balaban J connectivity index is 2.10. The molecule has 0 unspecified atom stereocenters. The molecule has 0 bridgehead atoms. The van der Waals surface area contributed by atoms with Gasteiger partial charge in [-0.05, 0) is 37.3 Å². The Morgan fingerprint density at radius 2 is 2.14 bits per heavy atom. The highest BCUT2D eigenvalue weighted by molar-refractivity contribution is 5.94. The van der Waals surface area contributed by atoms with Crippen LogP contribution in [0.2, 0.25) is 0 Å². The van der Waals surface area contributed by atoms with Gasteiger partial charge in [0.25, 0.3) is 5.91 Å². The van der Waals surface area contributed by atoms with Crippen molar-refractivity contribution < 1.29 is 4.79 Å². The molecular formula is C16H26N4O. The van der Waals surface area contributed by atoms with Gasteiger partial charge in [-0.25, -0.2) is 10.8 Å². The van der Waals surface area contributed by atoms with Crippen molar-refractivity contribution in [3.05, 3.63) is 23.4 Å². The lowest BCUT2D eigenvalue weighted by molar-refractivity contribution is 0.0773. The Labute approximate surface area is 126 Å². The van der Waals surface area contributed by atoms with Gasteiger partial charge >= 0.3 is 0 Å². The Morgan fingerprint density at radius 1 is 1.43 bits per heavy atom. The van der Waals surface area contributed by atoms with Crippen molar-refractivity contribution in [1.29, 1.82) is 0 Å². The van der Waals surface area contributed by atoms with Crippen molar-refractivity contribution in [2.24, 2.45) is 11.8 Å². The Hall–Kier alpha value is -1.62. The molecule has 1 aromatic heterocycles. The molecule has 1 heterocycles. The van der Waals surface area contributed by atoms with E-state index < -0.39 is 0 Å². The van der Waals surface area contributed by atoms with Crippen LogP contribution in [-0.4, -0.2) is 29.4 Å². The fourth-order valence-corrected chi connectivity index (χ4v) is 3.05. The largest absolute Gasteiger partial charge is 0.341 e. The van der Waals surface area contributed by atoms with Crippen LogP contribution < -0.4 is 11.3 Å². The van der Waals surface area contributed by atoms with Crippen LogP contribution in [0.15, 0.2) is 12.1 Å². The number of aryl methyl sites for hydroxylation is 1. The molecule has 0 spiro atoms. The third-order valence-corrected chi connectivity index (χ3v) is 4.13. The molecule has 1 aliphatic rings. The maximum absolute atomic E-state index is 12.6. The Bertz CT molecular complexity index is 483. The lowest BCUT2D eigenvalue weighted by Gasteiger charge is -2.21. The van der Waals surface area contributed by atoms with E-state index in [1.54, 1.807) is 6.07 Å². The number of aromatic nitrogens is 1. The van der Waals surface area contributed by atoms with Gasteiger partial charge in [-0.3, -0.25) is 4.79 Å². The summed E-state index contributed by atoms with van der Waals surface area (Å²) < 4.78 is 0. The molecule has 1 saturated carbocycles. The van der Waals surface area contributed by atoms with E-state index in [-0.39, 0.29) is 5.91 Å². The van der Waals surface area contributed by atoms with Gasteiger partial charge in [-0.1, -0.05) is 26.2 Å². The molecule has 5 heteroatoms. The van der Waals surface area contributed by atoms with Crippen LogP contribution in [0.1, 0.15) is 55.1 Å². The van der Waals surface area contributed by atoms with Gasteiger partial charge in [0, 0.05) is 24.8 Å². The molecule has 0 atom stereocenters. The summed E-state index contributed by atoms with van der Waals surface area (Å²) in [5, 5.41) is 0. The lowest BCUT2D eigenvalue weighted by atomic mass is 10.1. The molecule has 5 nitrogen and oxygen atoms in total. The number of rotatable bonds is 6. The van der Waals surface area contributed by atoms with Crippen LogP contribution in [0.3, 0.4) is 0 Å². The smallest absolute Gasteiger partial charge is 0.253 e. The molecule has 1 aliphatic carbocycles. The van der Waals surface area contributed by atoms with Crippen molar-refractivity contribution in [3.63, 3.8) is 0 Å². The summed E-state index contributed by atoms with van der Waals surface area (Å²) in [5.74, 6) is 6.72. The van der Waals surface area contributed by atoms with E-state index in [2.05, 4.69) is 17.3 Å². The summed E-state index contributed by atoms with van der Waals surface area (Å²) in [4.78, 5) is 18.8. The predicted molar refractivity (Wildman–Crippen MR) is 85.0 cm³/mol. The van der Waals surface area contributed by atoms with Crippen LogP contribution in [0.4, 0.5) is 5.82 Å². The summed E-state index contributed by atoms with van der Waals surface area (Å²) in [7, 11) is 1.89. The molecule has 1 fully saturated rings. The maximum Gasteiger partial charge on any atom is 0.253 e. The van der Waals surface area contributed by atoms with Crippen LogP contribution in [0.5, 0.6) is 0 Å². The molecule has 0 saturated heterocycles. The fraction of sp³-hybridized carbons (Fsp3) is 0.625. The average Bonchev–Trinajstić information content (AvgIpc) is 2.99. The van der Waals surface area contributed by atoms with Crippen molar-refractivity contribution in [1.82, 2.24) is 9.88 Å². The van der Waals surface area contributed by atoms with E-state index >= 15 is 0 Å². The number of hydrogen-bond donors (Lipinski definition) is 2. The predicted octanol–water partition coefficient (Wildman–Crippen LogP) is 2.58. The minimum atomic E-state index is 0.0538. The molecule has 1 aromatic rings. The molecule has 2 rings (SSSR count). The molecule has 116 valence electrons. The minimum Gasteiger partial charge on any atom is -0.341 e. The second-order valence-corrected chi connectivity index (χ2v) is 5.96. The van der Waals surface area contributed by atoms with Crippen LogP contribution in [0.25, 0.3) is 0 Å². The summed E-state index contributed by atoms with van der Waals surface area (Å²) >= 11 is 0. The second-order valence-electron chi connectivity index (χ2n) is 5.96. The van der Waals surface area contributed by atoms with Crippen LogP contribution in [0, 0.1) is 5.92 Å². The SMILES string of the molecule is CCCc1cc(C(=O)N(C)CC2CCCC2)cc(NN)n1. The average molecular weight is 290 g/mol. The molecule has 0 aliphatic heterocycles. The first-order valence-electron chi connectivity index (χ1n) is 7.87. The zero-order chi connectivity index (χ0) is 15.2. The molecule has 0 aromatic carbocycles. The first-order chi connectivity index (χ1) is 10.1. The van der Waals surface area contributed by atoms with Gasteiger partial charge in [0.1, 0.15) is 5.82 Å². The fourth-order valence-electron chi connectivity index (χ4n) is 3.05. The van der Waals surface area contributed by atoms with Crippen LogP contribution in [-0.2, 0) is 6.42 Å². The van der Waals surface area contributed by atoms with Gasteiger partial charge in [0.2, 0.25) is 0 Å². The van der Waals surface area contributed by atoms with E-state index in [1.807, 2.05) is 18.0 Å². The number of carbonyl (C=O) groups is 1. The number of nitrogens with zero attached hydrogens (tertiary/aromatic N) is 2. The zero-order valence-corrected chi connectivity index (χ0v) is 13.1. The molecule has 21 heavy (non-hydrogen) atoms. The van der Waals surface area contributed by atoms with E-state index in [1.165, 1.54) is 25.7 Å². The number of amides is 1. The van der Waals surface area contributed by atoms with E-state index in [9.17, 15) is 4.79 Å². The number of nitrogens with two attached hydrogens (primary N) is 1. The molecule has 1 amide bonds. The summed E-state index contributed by atoms with van der Waals surface area (Å²) in [6, 6.07) is 3.62. The van der Waals surface area contributed by atoms with Crippen LogP contribution >= 0.6 is 0 Å². The number of carbonyl (C=O) groups excluding carboxylic acids is 1. The monoisotopic (exact) mass is 290 g/mol. The number of nitrogen functional groups attached to an aromatic ring is 1. The zero-order valence-electron chi connectivity index (χ0n) is 13.1. The first-order valence-corrected chi connectivity index (χ1v) is 7.87. The summed E-state index contributed by atoms with van der Waals surface area (Å²) in [5.41, 5.74) is 4.13. The Kier molecular flexibility index (Phi) is 5.56. The summed E-state index contributed by atoms with van der Waals surface area (Å²) in [6.45, 7) is 2.94. The number of nitrogens with one attached hydrogen (secondary N) is 1. The van der Waals surface area contributed by atoms with Gasteiger partial charge in [0.15, 0.2) is 0 Å². The van der Waals surface area contributed by atoms with Crippen molar-refractivity contribution in [3.8, 4) is 0 Å². The third-order valence-electron chi connectivity index (χ3n) is 4.13. The van der Waals surface area contributed by atoms with Crippen molar-refractivity contribution in [2.45, 2.75) is 45.4 Å². The van der Waals surface area contributed by atoms with E-state index in [4.69, 9.17) is 5.84 Å². The number of hydrogen-bond acceptors (Lipinski definition) is 4. The topological polar surface area (TPSA) is 71.2 Å². The standard InChI is InChI=1S/C16H26N4O/c1-3-6-14-9-13(10-15(18-14)19-17)16(21)20(2)11-12-7-4-5-8-12/h9-10,12H,3-8,11,17H2,1-2H3,(H,18,19). The highest BCUT2D eigenvalue weighted by Crippen LogP contribution is 2.25. The number of hydrazine groups is 1. The summed E-state index contributed by atoms with van der Waals surface area (Å²) in [6.07, 6.45) is 6.91. The minimum absolute atomic E-state index is 0.0538. The highest BCUT2D eigenvalue weighted by Gasteiger charge is 2.21. The lowest BCUT2D eigenvalue weighted by Crippen LogP contribution is -2.31. The highest BCUT2D eigenvalue weighted by atomic mass is 16.2. The van der Waals surface area contributed by atoms with E-state index in [0.29, 0.717) is 17.3 Å². The first kappa shape index (κ1) is 15.8.